The Morgan fingerprint density at radius 2 is 1.59 bits per heavy atom. The molecule has 5 rings (SSSR count). The molecular weight excluding hydrogens is 394 g/mol. The van der Waals surface area contributed by atoms with Gasteiger partial charge in [-0.15, -0.1) is 0 Å². The monoisotopic (exact) mass is 421 g/mol. The smallest absolute Gasteiger partial charge is 0.271 e. The first-order valence-electron chi connectivity index (χ1n) is 11.3. The number of amides is 1. The molecule has 1 aliphatic heterocycles. The van der Waals surface area contributed by atoms with Gasteiger partial charge in [-0.3, -0.25) is 4.79 Å². The molecule has 2 atom stereocenters. The summed E-state index contributed by atoms with van der Waals surface area (Å²) in [5, 5.41) is 3.24. The van der Waals surface area contributed by atoms with Crippen molar-refractivity contribution in [3.05, 3.63) is 125 Å². The van der Waals surface area contributed by atoms with Crippen LogP contribution >= 0.6 is 0 Å². The zero-order chi connectivity index (χ0) is 21.8. The van der Waals surface area contributed by atoms with Crippen LogP contribution in [0.15, 0.2) is 97.2 Å². The normalized spacial score (nSPS) is 16.2. The number of aromatic nitrogens is 2. The third-order valence-electron chi connectivity index (χ3n) is 6.29. The molecule has 2 heterocycles. The van der Waals surface area contributed by atoms with E-state index in [2.05, 4.69) is 69.5 Å². The summed E-state index contributed by atoms with van der Waals surface area (Å²) < 4.78 is 2.16. The van der Waals surface area contributed by atoms with Gasteiger partial charge < -0.3 is 9.88 Å². The van der Waals surface area contributed by atoms with Crippen LogP contribution in [0.4, 0.5) is 0 Å². The van der Waals surface area contributed by atoms with E-state index in [0.717, 1.165) is 37.2 Å². The summed E-state index contributed by atoms with van der Waals surface area (Å²) in [5.74, 6) is 1.35. The van der Waals surface area contributed by atoms with Gasteiger partial charge in [-0.2, -0.15) is 0 Å². The number of benzene rings is 3. The molecule has 3 aromatic carbocycles. The summed E-state index contributed by atoms with van der Waals surface area (Å²) in [5.41, 5.74) is 4.14. The Bertz CT molecular complexity index is 1170. The Morgan fingerprint density at radius 1 is 0.938 bits per heavy atom. The van der Waals surface area contributed by atoms with Crippen molar-refractivity contribution >= 4 is 5.91 Å². The second kappa shape index (κ2) is 9.23. The van der Waals surface area contributed by atoms with E-state index >= 15 is 0 Å². The lowest BCUT2D eigenvalue weighted by molar-refractivity contribution is 0.0931. The molecule has 1 N–H and O–H groups in total. The van der Waals surface area contributed by atoms with E-state index in [-0.39, 0.29) is 11.9 Å². The first-order valence-corrected chi connectivity index (χ1v) is 11.3. The Balaban J connectivity index is 1.34. The minimum Gasteiger partial charge on any atom is -0.344 e. The van der Waals surface area contributed by atoms with E-state index in [0.29, 0.717) is 11.6 Å². The first-order chi connectivity index (χ1) is 15.8. The van der Waals surface area contributed by atoms with Gasteiger partial charge in [0.1, 0.15) is 11.5 Å². The number of hydrogen-bond donors (Lipinski definition) is 1. The van der Waals surface area contributed by atoms with Gasteiger partial charge in [-0.1, -0.05) is 91.0 Å². The predicted molar refractivity (Wildman–Crippen MR) is 127 cm³/mol. The van der Waals surface area contributed by atoms with Gasteiger partial charge in [0.25, 0.3) is 5.91 Å². The number of imidazole rings is 1. The van der Waals surface area contributed by atoms with Gasteiger partial charge >= 0.3 is 0 Å². The lowest BCUT2D eigenvalue weighted by Gasteiger charge is -2.23. The van der Waals surface area contributed by atoms with Crippen molar-refractivity contribution in [2.24, 2.45) is 0 Å². The predicted octanol–water partition coefficient (Wildman–Crippen LogP) is 5.33. The zero-order valence-electron chi connectivity index (χ0n) is 18.0. The van der Waals surface area contributed by atoms with Crippen LogP contribution in [0.2, 0.25) is 0 Å². The van der Waals surface area contributed by atoms with Gasteiger partial charge in [0.2, 0.25) is 0 Å². The molecule has 32 heavy (non-hydrogen) atoms. The van der Waals surface area contributed by atoms with Crippen LogP contribution in [0.5, 0.6) is 0 Å². The molecule has 4 heteroatoms. The number of hydrogen-bond acceptors (Lipinski definition) is 2. The van der Waals surface area contributed by atoms with Crippen LogP contribution in [0, 0.1) is 0 Å². The molecule has 1 aliphatic rings. The quantitative estimate of drug-likeness (QED) is 0.458. The van der Waals surface area contributed by atoms with Crippen LogP contribution in [0.1, 0.15) is 51.4 Å². The van der Waals surface area contributed by atoms with Crippen LogP contribution in [0.3, 0.4) is 0 Å². The molecule has 0 aliphatic carbocycles. The average Bonchev–Trinajstić information content (AvgIpc) is 3.29. The Hall–Kier alpha value is -3.66. The number of rotatable bonds is 6. The molecule has 1 amide bonds. The zero-order valence-corrected chi connectivity index (χ0v) is 18.0. The molecule has 0 spiro atoms. The van der Waals surface area contributed by atoms with Gasteiger partial charge in [0, 0.05) is 25.1 Å². The maximum absolute atomic E-state index is 13.2. The summed E-state index contributed by atoms with van der Waals surface area (Å²) in [4.78, 5) is 17.9. The summed E-state index contributed by atoms with van der Waals surface area (Å²) in [6, 6.07) is 30.9. The van der Waals surface area contributed by atoms with Gasteiger partial charge in [-0.25, -0.2) is 4.98 Å². The van der Waals surface area contributed by atoms with Crippen LogP contribution in [-0.2, 0) is 19.4 Å². The lowest BCUT2D eigenvalue weighted by atomic mass is 9.92. The van der Waals surface area contributed by atoms with Gasteiger partial charge in [0.05, 0.1) is 6.04 Å². The molecule has 0 bridgehead atoms. The van der Waals surface area contributed by atoms with E-state index in [1.165, 1.54) is 11.1 Å². The summed E-state index contributed by atoms with van der Waals surface area (Å²) in [6.45, 7) is 0.867. The maximum Gasteiger partial charge on any atom is 0.271 e. The fraction of sp³-hybridized carbons (Fsp3) is 0.214. The van der Waals surface area contributed by atoms with Crippen molar-refractivity contribution < 1.29 is 4.79 Å². The molecule has 0 unspecified atom stereocenters. The Labute approximate surface area is 189 Å². The molecular formula is C28H27N3O. The second-order valence-corrected chi connectivity index (χ2v) is 8.47. The van der Waals surface area contributed by atoms with Crippen LogP contribution < -0.4 is 5.32 Å². The van der Waals surface area contributed by atoms with Crippen molar-refractivity contribution in [1.29, 1.82) is 0 Å². The highest BCUT2D eigenvalue weighted by atomic mass is 16.2. The first kappa shape index (κ1) is 20.3. The number of nitrogens with one attached hydrogen (secondary N) is 1. The molecule has 160 valence electrons. The van der Waals surface area contributed by atoms with Crippen molar-refractivity contribution in [3.8, 4) is 0 Å². The number of carbonyl (C=O) groups is 1. The minimum atomic E-state index is -0.118. The van der Waals surface area contributed by atoms with E-state index in [4.69, 9.17) is 0 Å². The standard InChI is InChI=1S/C28H27N3O/c32-28(30-25(23-14-8-3-9-15-23)18-21-10-4-1-5-11-21)26-20-31-19-24(16-17-27(31)29-26)22-12-6-2-7-13-22/h1-15,20,24-25H,16-19H2,(H,30,32)/t24-,25+/m0/s1. The number of nitrogens with zero attached hydrogens (tertiary/aromatic N) is 2. The van der Waals surface area contributed by atoms with Crippen molar-refractivity contribution in [1.82, 2.24) is 14.9 Å². The molecule has 0 saturated carbocycles. The highest BCUT2D eigenvalue weighted by molar-refractivity contribution is 5.92. The summed E-state index contributed by atoms with van der Waals surface area (Å²) in [7, 11) is 0. The molecule has 0 saturated heterocycles. The number of fused-ring (bicyclic) bond motifs is 1. The molecule has 4 aromatic rings. The largest absolute Gasteiger partial charge is 0.344 e. The van der Waals surface area contributed by atoms with Crippen molar-refractivity contribution in [2.45, 2.75) is 37.8 Å². The second-order valence-electron chi connectivity index (χ2n) is 8.47. The van der Waals surface area contributed by atoms with E-state index in [1.54, 1.807) is 0 Å². The Morgan fingerprint density at radius 3 is 2.31 bits per heavy atom. The van der Waals surface area contributed by atoms with Gasteiger partial charge in [0.15, 0.2) is 0 Å². The molecule has 4 nitrogen and oxygen atoms in total. The molecule has 1 aromatic heterocycles. The molecule has 0 radical (unpaired) electrons. The highest BCUT2D eigenvalue weighted by Crippen LogP contribution is 2.29. The van der Waals surface area contributed by atoms with Crippen molar-refractivity contribution in [2.75, 3.05) is 0 Å². The SMILES string of the molecule is O=C(N[C@H](Cc1ccccc1)c1ccccc1)c1cn2c(n1)CC[C@H](c1ccccc1)C2. The number of carbonyl (C=O) groups excluding carboxylic acids is 1. The third kappa shape index (κ3) is 4.50. The van der Waals surface area contributed by atoms with Crippen LogP contribution in [0.25, 0.3) is 0 Å². The average molecular weight is 422 g/mol. The minimum absolute atomic E-state index is 0.109. The maximum atomic E-state index is 13.2. The van der Waals surface area contributed by atoms with E-state index < -0.39 is 0 Å². The van der Waals surface area contributed by atoms with E-state index in [1.807, 2.05) is 42.6 Å². The fourth-order valence-corrected chi connectivity index (χ4v) is 4.57. The number of aryl methyl sites for hydroxylation is 1. The van der Waals surface area contributed by atoms with Crippen molar-refractivity contribution in [3.63, 3.8) is 0 Å². The Kier molecular flexibility index (Phi) is 5.84. The summed E-state index contributed by atoms with van der Waals surface area (Å²) >= 11 is 0. The topological polar surface area (TPSA) is 46.9 Å². The van der Waals surface area contributed by atoms with Crippen LogP contribution in [-0.4, -0.2) is 15.5 Å². The highest BCUT2D eigenvalue weighted by Gasteiger charge is 2.24. The van der Waals surface area contributed by atoms with Gasteiger partial charge in [-0.05, 0) is 29.5 Å². The lowest BCUT2D eigenvalue weighted by Crippen LogP contribution is -2.30. The third-order valence-corrected chi connectivity index (χ3v) is 6.29. The fourth-order valence-electron chi connectivity index (χ4n) is 4.57. The summed E-state index contributed by atoms with van der Waals surface area (Å²) in [6.07, 6.45) is 4.60. The molecule has 0 fully saturated rings. The van der Waals surface area contributed by atoms with E-state index in [9.17, 15) is 4.79 Å².